The second-order valence-electron chi connectivity index (χ2n) is 6.11. The van der Waals surface area contributed by atoms with Gasteiger partial charge >= 0.3 is 0 Å². The maximum absolute atomic E-state index is 10.1. The van der Waals surface area contributed by atoms with E-state index in [9.17, 15) is 5.11 Å². The number of rotatable bonds is 6. The molecule has 6 heteroatoms. The van der Waals surface area contributed by atoms with Crippen LogP contribution in [0.25, 0.3) is 11.1 Å². The number of nitrogens with one attached hydrogen (secondary N) is 2. The zero-order valence-electron chi connectivity index (χ0n) is 14.6. The molecule has 0 aliphatic rings. The minimum Gasteiger partial charge on any atom is -0.508 e. The smallest absolute Gasteiger partial charge is 0.122 e. The summed E-state index contributed by atoms with van der Waals surface area (Å²) < 4.78 is 5.77. The van der Waals surface area contributed by atoms with Crippen molar-refractivity contribution in [1.82, 2.24) is 0 Å². The van der Waals surface area contributed by atoms with Crippen LogP contribution in [0, 0.1) is 10.8 Å². The van der Waals surface area contributed by atoms with Gasteiger partial charge in [-0.2, -0.15) is 0 Å². The van der Waals surface area contributed by atoms with Crippen LogP contribution < -0.4 is 16.2 Å². The first-order valence-electron chi connectivity index (χ1n) is 8.27. The van der Waals surface area contributed by atoms with Gasteiger partial charge in [-0.15, -0.1) is 0 Å². The largest absolute Gasteiger partial charge is 0.508 e. The molecule has 0 spiro atoms. The summed E-state index contributed by atoms with van der Waals surface area (Å²) in [6.07, 6.45) is 0. The summed E-state index contributed by atoms with van der Waals surface area (Å²) in [6.45, 7) is 0.245. The molecule has 6 nitrogen and oxygen atoms in total. The summed E-state index contributed by atoms with van der Waals surface area (Å²) in [6, 6.07) is 19.5. The van der Waals surface area contributed by atoms with Gasteiger partial charge in [-0.05, 0) is 53.1 Å². The molecule has 0 heterocycles. The molecule has 0 amide bonds. The summed E-state index contributed by atoms with van der Waals surface area (Å²) in [7, 11) is 0. The van der Waals surface area contributed by atoms with Gasteiger partial charge in [-0.3, -0.25) is 10.8 Å². The third kappa shape index (κ3) is 4.43. The number of hydrogen-bond acceptors (Lipinski definition) is 4. The van der Waals surface area contributed by atoms with Crippen LogP contribution in [0.2, 0.25) is 0 Å². The molecule has 0 radical (unpaired) electrons. The van der Waals surface area contributed by atoms with E-state index < -0.39 is 0 Å². The van der Waals surface area contributed by atoms with E-state index in [1.165, 1.54) is 0 Å². The maximum Gasteiger partial charge on any atom is 0.122 e. The summed E-state index contributed by atoms with van der Waals surface area (Å²) in [4.78, 5) is 0. The summed E-state index contributed by atoms with van der Waals surface area (Å²) in [5.74, 6) is 0.680. The Morgan fingerprint density at radius 3 is 2.19 bits per heavy atom. The molecule has 0 aromatic heterocycles. The molecule has 0 atom stereocenters. The van der Waals surface area contributed by atoms with Crippen molar-refractivity contribution in [3.8, 4) is 22.6 Å². The molecular weight excluding hydrogens is 340 g/mol. The number of benzene rings is 3. The lowest BCUT2D eigenvalue weighted by molar-refractivity contribution is 0.305. The van der Waals surface area contributed by atoms with Crippen LogP contribution in [-0.2, 0) is 6.61 Å². The fourth-order valence-corrected chi connectivity index (χ4v) is 2.71. The number of phenolic OH excluding ortho intramolecular Hbond substituents is 1. The lowest BCUT2D eigenvalue weighted by atomic mass is 10.0. The molecule has 0 saturated carbocycles. The van der Waals surface area contributed by atoms with Crippen molar-refractivity contribution < 1.29 is 9.84 Å². The monoisotopic (exact) mass is 360 g/mol. The first-order valence-corrected chi connectivity index (χ1v) is 8.27. The SMILES string of the molecule is N=C(N)c1cccc(OCc2cc(O)cc(-c3cccc(C(=N)N)c3)c2)c1. The predicted molar refractivity (Wildman–Crippen MR) is 106 cm³/mol. The third-order valence-electron chi connectivity index (χ3n) is 4.04. The van der Waals surface area contributed by atoms with Crippen molar-refractivity contribution in [2.45, 2.75) is 6.61 Å². The average molecular weight is 360 g/mol. The zero-order chi connectivity index (χ0) is 19.4. The molecule has 0 saturated heterocycles. The van der Waals surface area contributed by atoms with Gasteiger partial charge < -0.3 is 21.3 Å². The van der Waals surface area contributed by atoms with Gasteiger partial charge in [0.1, 0.15) is 29.8 Å². The Balaban J connectivity index is 1.83. The van der Waals surface area contributed by atoms with Crippen LogP contribution in [0.5, 0.6) is 11.5 Å². The average Bonchev–Trinajstić information content (AvgIpc) is 2.66. The molecule has 3 aromatic rings. The highest BCUT2D eigenvalue weighted by molar-refractivity contribution is 5.96. The molecule has 0 fully saturated rings. The van der Waals surface area contributed by atoms with Crippen molar-refractivity contribution in [2.75, 3.05) is 0 Å². The minimum atomic E-state index is -0.0227. The van der Waals surface area contributed by atoms with E-state index in [2.05, 4.69) is 0 Å². The molecule has 27 heavy (non-hydrogen) atoms. The fourth-order valence-electron chi connectivity index (χ4n) is 2.71. The molecule has 3 aromatic carbocycles. The second kappa shape index (κ2) is 7.61. The summed E-state index contributed by atoms with van der Waals surface area (Å²) in [5.41, 5.74) is 14.7. The lowest BCUT2D eigenvalue weighted by Gasteiger charge is -2.11. The third-order valence-corrected chi connectivity index (χ3v) is 4.04. The van der Waals surface area contributed by atoms with Gasteiger partial charge in [0.2, 0.25) is 0 Å². The molecule has 0 bridgehead atoms. The molecule has 0 aliphatic heterocycles. The van der Waals surface area contributed by atoms with Crippen LogP contribution in [0.4, 0.5) is 0 Å². The van der Waals surface area contributed by atoms with Crippen LogP contribution in [0.1, 0.15) is 16.7 Å². The highest BCUT2D eigenvalue weighted by atomic mass is 16.5. The van der Waals surface area contributed by atoms with Crippen LogP contribution in [-0.4, -0.2) is 16.8 Å². The van der Waals surface area contributed by atoms with E-state index in [0.29, 0.717) is 16.9 Å². The maximum atomic E-state index is 10.1. The van der Waals surface area contributed by atoms with Gasteiger partial charge in [0.25, 0.3) is 0 Å². The van der Waals surface area contributed by atoms with E-state index in [-0.39, 0.29) is 24.0 Å². The van der Waals surface area contributed by atoms with E-state index in [1.54, 1.807) is 48.5 Å². The Hall–Kier alpha value is -3.80. The number of phenols is 1. The molecule has 7 N–H and O–H groups in total. The number of aromatic hydroxyl groups is 1. The first kappa shape index (κ1) is 18.0. The topological polar surface area (TPSA) is 129 Å². The first-order chi connectivity index (χ1) is 12.9. The van der Waals surface area contributed by atoms with Gasteiger partial charge in [0.05, 0.1) is 0 Å². The van der Waals surface area contributed by atoms with Crippen molar-refractivity contribution in [2.24, 2.45) is 11.5 Å². The van der Waals surface area contributed by atoms with Gasteiger partial charge in [-0.25, -0.2) is 0 Å². The fraction of sp³-hybridized carbons (Fsp3) is 0.0476. The number of nitrogen functional groups attached to an aromatic ring is 2. The predicted octanol–water partition coefficient (Wildman–Crippen LogP) is 3.21. The molecule has 0 unspecified atom stereocenters. The highest BCUT2D eigenvalue weighted by Gasteiger charge is 2.07. The van der Waals surface area contributed by atoms with Gasteiger partial charge in [0, 0.05) is 11.1 Å². The Morgan fingerprint density at radius 1 is 0.815 bits per heavy atom. The Kier molecular flexibility index (Phi) is 5.08. The van der Waals surface area contributed by atoms with E-state index >= 15 is 0 Å². The van der Waals surface area contributed by atoms with Crippen LogP contribution in [0.3, 0.4) is 0 Å². The zero-order valence-corrected chi connectivity index (χ0v) is 14.6. The lowest BCUT2D eigenvalue weighted by Crippen LogP contribution is -2.10. The van der Waals surface area contributed by atoms with Crippen LogP contribution >= 0.6 is 0 Å². The Morgan fingerprint density at radius 2 is 1.48 bits per heavy atom. The number of nitrogens with two attached hydrogens (primary N) is 2. The van der Waals surface area contributed by atoms with Crippen LogP contribution in [0.15, 0.2) is 66.7 Å². The van der Waals surface area contributed by atoms with Gasteiger partial charge in [-0.1, -0.05) is 30.3 Å². The van der Waals surface area contributed by atoms with E-state index in [4.69, 9.17) is 27.0 Å². The standard InChI is InChI=1S/C21H20N4O2/c22-20(23)15-4-1-3-14(9-15)17-7-13(8-18(26)10-17)12-27-19-6-2-5-16(11-19)21(24)25/h1-11,26H,12H2,(H3,22,23)(H3,24,25). The molecule has 3 rings (SSSR count). The van der Waals surface area contributed by atoms with E-state index in [1.807, 2.05) is 18.2 Å². The van der Waals surface area contributed by atoms with Crippen molar-refractivity contribution in [3.05, 3.63) is 83.4 Å². The summed E-state index contributed by atoms with van der Waals surface area (Å²) >= 11 is 0. The van der Waals surface area contributed by atoms with Crippen molar-refractivity contribution in [3.63, 3.8) is 0 Å². The Labute approximate surface area is 157 Å². The minimum absolute atomic E-state index is 0.00841. The van der Waals surface area contributed by atoms with Crippen molar-refractivity contribution >= 4 is 11.7 Å². The van der Waals surface area contributed by atoms with E-state index in [0.717, 1.165) is 16.7 Å². The molecular formula is C21H20N4O2. The van der Waals surface area contributed by atoms with Crippen molar-refractivity contribution in [1.29, 1.82) is 10.8 Å². The van der Waals surface area contributed by atoms with Gasteiger partial charge in [0.15, 0.2) is 0 Å². The number of amidine groups is 2. The second-order valence-corrected chi connectivity index (χ2v) is 6.11. The molecule has 0 aliphatic carbocycles. The normalized spacial score (nSPS) is 10.4. The molecule has 136 valence electrons. The quantitative estimate of drug-likeness (QED) is 0.341. The number of hydrogen-bond donors (Lipinski definition) is 5. The highest BCUT2D eigenvalue weighted by Crippen LogP contribution is 2.27. The summed E-state index contributed by atoms with van der Waals surface area (Å²) in [5, 5.41) is 25.1. The number of ether oxygens (including phenoxy) is 1. The Bertz CT molecular complexity index is 1010.